The highest BCUT2D eigenvalue weighted by Crippen LogP contribution is 2.24. The number of nitrogens with zero attached hydrogens (tertiary/aromatic N) is 2. The number of carbonyl (C=O) groups is 1. The van der Waals surface area contributed by atoms with Gasteiger partial charge in [0, 0.05) is 22.1 Å². The van der Waals surface area contributed by atoms with Gasteiger partial charge in [0.15, 0.2) is 0 Å². The number of nitrogens with one attached hydrogen (secondary N) is 1. The molecule has 1 N–H and O–H groups in total. The van der Waals surface area contributed by atoms with Crippen molar-refractivity contribution in [3.05, 3.63) is 99.1 Å². The molecule has 0 aliphatic rings. The Morgan fingerprint density at radius 3 is 2.41 bits per heavy atom. The first-order chi connectivity index (χ1) is 15.4. The molecule has 3 aromatic carbocycles. The van der Waals surface area contributed by atoms with E-state index in [-0.39, 0.29) is 16.8 Å². The summed E-state index contributed by atoms with van der Waals surface area (Å²) in [5, 5.41) is 15.0. The third kappa shape index (κ3) is 7.11. The summed E-state index contributed by atoms with van der Waals surface area (Å²) in [5.74, 6) is 0.446. The van der Waals surface area contributed by atoms with Crippen LogP contribution < -0.4 is 10.2 Å². The quantitative estimate of drug-likeness (QED) is 0.194. The van der Waals surface area contributed by atoms with Crippen molar-refractivity contribution in [2.24, 2.45) is 5.10 Å². The molecule has 0 aliphatic heterocycles. The SMILES string of the molecule is C[C@H](Sc1ccc(Cl)cc1)C(=O)N/N=C\c1ccc(OCc2ccc([N+](=O)[O-])cc2)cc1. The van der Waals surface area contributed by atoms with E-state index in [4.69, 9.17) is 16.3 Å². The first-order valence-corrected chi connectivity index (χ1v) is 10.9. The van der Waals surface area contributed by atoms with Crippen molar-refractivity contribution in [2.75, 3.05) is 0 Å². The molecular weight excluding hydrogens is 450 g/mol. The van der Waals surface area contributed by atoms with Crippen LogP contribution in [0.2, 0.25) is 5.02 Å². The number of nitro benzene ring substituents is 1. The van der Waals surface area contributed by atoms with Crippen molar-refractivity contribution in [3.63, 3.8) is 0 Å². The van der Waals surface area contributed by atoms with Gasteiger partial charge in [0.05, 0.1) is 16.4 Å². The molecule has 0 fully saturated rings. The maximum Gasteiger partial charge on any atom is 0.269 e. The summed E-state index contributed by atoms with van der Waals surface area (Å²) < 4.78 is 5.69. The minimum atomic E-state index is -0.438. The minimum Gasteiger partial charge on any atom is -0.489 e. The number of rotatable bonds is 9. The van der Waals surface area contributed by atoms with Gasteiger partial charge in [0.1, 0.15) is 12.4 Å². The van der Waals surface area contributed by atoms with Crippen LogP contribution in [-0.4, -0.2) is 22.3 Å². The molecule has 0 radical (unpaired) electrons. The summed E-state index contributed by atoms with van der Waals surface area (Å²) in [5.41, 5.74) is 4.21. The molecule has 3 rings (SSSR count). The number of ether oxygens (including phenoxy) is 1. The number of hydrogen-bond acceptors (Lipinski definition) is 6. The lowest BCUT2D eigenvalue weighted by molar-refractivity contribution is -0.384. The number of amides is 1. The summed E-state index contributed by atoms with van der Waals surface area (Å²) >= 11 is 7.29. The molecule has 3 aromatic rings. The van der Waals surface area contributed by atoms with Crippen LogP contribution in [0.5, 0.6) is 5.75 Å². The molecule has 0 aliphatic carbocycles. The fourth-order valence-corrected chi connectivity index (χ4v) is 3.55. The maximum atomic E-state index is 12.2. The van der Waals surface area contributed by atoms with Gasteiger partial charge in [-0.2, -0.15) is 5.10 Å². The Hall–Kier alpha value is -3.36. The average molecular weight is 470 g/mol. The summed E-state index contributed by atoms with van der Waals surface area (Å²) in [6.07, 6.45) is 1.55. The van der Waals surface area contributed by atoms with Gasteiger partial charge < -0.3 is 4.74 Å². The van der Waals surface area contributed by atoms with Gasteiger partial charge in [-0.15, -0.1) is 11.8 Å². The number of hydrazone groups is 1. The van der Waals surface area contributed by atoms with Crippen molar-refractivity contribution in [3.8, 4) is 5.75 Å². The number of benzene rings is 3. The topological polar surface area (TPSA) is 93.8 Å². The zero-order valence-electron chi connectivity index (χ0n) is 17.1. The molecule has 7 nitrogen and oxygen atoms in total. The predicted octanol–water partition coefficient (Wildman–Crippen LogP) is 5.46. The first kappa shape index (κ1) is 23.3. The maximum absolute atomic E-state index is 12.2. The Balaban J connectivity index is 1.45. The van der Waals surface area contributed by atoms with E-state index in [9.17, 15) is 14.9 Å². The average Bonchev–Trinajstić information content (AvgIpc) is 2.80. The molecule has 0 saturated carbocycles. The van der Waals surface area contributed by atoms with Crippen LogP contribution in [0.3, 0.4) is 0 Å². The molecule has 0 heterocycles. The van der Waals surface area contributed by atoms with Gasteiger partial charge in [-0.3, -0.25) is 14.9 Å². The Morgan fingerprint density at radius 1 is 1.12 bits per heavy atom. The van der Waals surface area contributed by atoms with E-state index < -0.39 is 4.92 Å². The second-order valence-electron chi connectivity index (χ2n) is 6.73. The highest BCUT2D eigenvalue weighted by atomic mass is 35.5. The lowest BCUT2D eigenvalue weighted by Gasteiger charge is -2.09. The number of nitro groups is 1. The highest BCUT2D eigenvalue weighted by Gasteiger charge is 2.13. The second kappa shape index (κ2) is 11.3. The van der Waals surface area contributed by atoms with E-state index in [1.54, 1.807) is 49.5 Å². The molecule has 0 saturated heterocycles. The van der Waals surface area contributed by atoms with Crippen molar-refractivity contribution in [2.45, 2.75) is 23.7 Å². The fraction of sp³-hybridized carbons (Fsp3) is 0.130. The van der Waals surface area contributed by atoms with E-state index in [2.05, 4.69) is 10.5 Å². The molecule has 0 unspecified atom stereocenters. The number of carbonyl (C=O) groups excluding carboxylic acids is 1. The van der Waals surface area contributed by atoms with Crippen LogP contribution in [0.25, 0.3) is 0 Å². The second-order valence-corrected chi connectivity index (χ2v) is 8.58. The van der Waals surface area contributed by atoms with Gasteiger partial charge in [-0.05, 0) is 78.7 Å². The van der Waals surface area contributed by atoms with Crippen molar-refractivity contribution >= 4 is 41.2 Å². The van der Waals surface area contributed by atoms with Crippen molar-refractivity contribution in [1.29, 1.82) is 0 Å². The van der Waals surface area contributed by atoms with Crippen LogP contribution in [0.4, 0.5) is 5.69 Å². The molecule has 0 aromatic heterocycles. The van der Waals surface area contributed by atoms with E-state index >= 15 is 0 Å². The first-order valence-electron chi connectivity index (χ1n) is 9.62. The number of non-ortho nitro benzene ring substituents is 1. The monoisotopic (exact) mass is 469 g/mol. The Bertz CT molecular complexity index is 1090. The van der Waals surface area contributed by atoms with Gasteiger partial charge in [-0.1, -0.05) is 11.6 Å². The predicted molar refractivity (Wildman–Crippen MR) is 126 cm³/mol. The van der Waals surface area contributed by atoms with Crippen molar-refractivity contribution < 1.29 is 14.5 Å². The summed E-state index contributed by atoms with van der Waals surface area (Å²) in [4.78, 5) is 23.4. The van der Waals surface area contributed by atoms with Crippen LogP contribution in [0, 0.1) is 10.1 Å². The smallest absolute Gasteiger partial charge is 0.269 e. The third-order valence-corrected chi connectivity index (χ3v) is 5.68. The number of hydrogen-bond donors (Lipinski definition) is 1. The van der Waals surface area contributed by atoms with E-state index in [1.807, 2.05) is 24.3 Å². The van der Waals surface area contributed by atoms with E-state index in [1.165, 1.54) is 23.9 Å². The molecule has 1 amide bonds. The van der Waals surface area contributed by atoms with Crippen LogP contribution in [0.15, 0.2) is 82.8 Å². The third-order valence-electron chi connectivity index (χ3n) is 4.32. The van der Waals surface area contributed by atoms with Crippen LogP contribution >= 0.6 is 23.4 Å². The van der Waals surface area contributed by atoms with Gasteiger partial charge >= 0.3 is 0 Å². The molecule has 9 heteroatoms. The molecule has 32 heavy (non-hydrogen) atoms. The summed E-state index contributed by atoms with van der Waals surface area (Å²) in [6, 6.07) is 20.7. The summed E-state index contributed by atoms with van der Waals surface area (Å²) in [6.45, 7) is 2.10. The highest BCUT2D eigenvalue weighted by molar-refractivity contribution is 8.00. The molecular formula is C23H20ClN3O4S. The van der Waals surface area contributed by atoms with E-state index in [0.29, 0.717) is 17.4 Å². The standard InChI is InChI=1S/C23H20ClN3O4S/c1-16(32-22-12-6-19(24)7-13-22)23(28)26-25-14-17-4-10-21(11-5-17)31-15-18-2-8-20(9-3-18)27(29)30/h2-14,16H,15H2,1H3,(H,26,28)/b25-14-/t16-/m0/s1. The molecule has 164 valence electrons. The van der Waals surface area contributed by atoms with Crippen molar-refractivity contribution in [1.82, 2.24) is 5.43 Å². The zero-order valence-corrected chi connectivity index (χ0v) is 18.7. The van der Waals surface area contributed by atoms with Gasteiger partial charge in [0.25, 0.3) is 11.6 Å². The molecule has 0 bridgehead atoms. The molecule has 1 atom stereocenters. The number of halogens is 1. The Kier molecular flexibility index (Phi) is 8.24. The van der Waals surface area contributed by atoms with Crippen LogP contribution in [0.1, 0.15) is 18.1 Å². The lowest BCUT2D eigenvalue weighted by Crippen LogP contribution is -2.26. The van der Waals surface area contributed by atoms with Gasteiger partial charge in [-0.25, -0.2) is 5.43 Å². The zero-order chi connectivity index (χ0) is 22.9. The Morgan fingerprint density at radius 2 is 1.78 bits per heavy atom. The van der Waals surface area contributed by atoms with E-state index in [0.717, 1.165) is 16.0 Å². The Labute approximate surface area is 194 Å². The molecule has 0 spiro atoms. The normalized spacial score (nSPS) is 11.8. The summed E-state index contributed by atoms with van der Waals surface area (Å²) in [7, 11) is 0. The minimum absolute atomic E-state index is 0.0439. The number of thioether (sulfide) groups is 1. The lowest BCUT2D eigenvalue weighted by atomic mass is 10.2. The van der Waals surface area contributed by atoms with Crippen LogP contribution in [-0.2, 0) is 11.4 Å². The fourth-order valence-electron chi connectivity index (χ4n) is 2.56. The largest absolute Gasteiger partial charge is 0.489 e. The van der Waals surface area contributed by atoms with Gasteiger partial charge in [0.2, 0.25) is 0 Å².